The maximum atomic E-state index is 13.7. The van der Waals surface area contributed by atoms with Gasteiger partial charge in [-0.3, -0.25) is 4.90 Å². The van der Waals surface area contributed by atoms with Gasteiger partial charge in [0.1, 0.15) is 5.82 Å². The molecule has 1 saturated heterocycles. The number of nitrogens with zero attached hydrogens (tertiary/aromatic N) is 2. The summed E-state index contributed by atoms with van der Waals surface area (Å²) in [6.07, 6.45) is 1.81. The highest BCUT2D eigenvalue weighted by atomic mass is 79.9. The summed E-state index contributed by atoms with van der Waals surface area (Å²) in [5.41, 5.74) is 6.26. The average molecular weight is 316 g/mol. The molecule has 1 atom stereocenters. The fraction of sp³-hybridized carbons (Fsp3) is 0.417. The summed E-state index contributed by atoms with van der Waals surface area (Å²) in [5.74, 6) is -0.0421. The first-order valence-corrected chi connectivity index (χ1v) is 6.56. The Labute approximate surface area is 113 Å². The number of hydrogen-bond acceptors (Lipinski definition) is 3. The Morgan fingerprint density at radius 2 is 2.39 bits per heavy atom. The molecule has 98 valence electrons. The van der Waals surface area contributed by atoms with E-state index in [1.807, 2.05) is 11.0 Å². The van der Waals surface area contributed by atoms with Crippen LogP contribution in [0.4, 0.5) is 4.39 Å². The quantitative estimate of drug-likeness (QED) is 0.389. The summed E-state index contributed by atoms with van der Waals surface area (Å²) >= 11 is 3.23. The van der Waals surface area contributed by atoms with Crippen LogP contribution in [0.15, 0.2) is 27.8 Å². The molecular weight excluding hydrogens is 301 g/mol. The van der Waals surface area contributed by atoms with Crippen molar-refractivity contribution in [3.05, 3.63) is 34.1 Å². The van der Waals surface area contributed by atoms with Crippen LogP contribution in [0.2, 0.25) is 0 Å². The number of hydrogen-bond donors (Lipinski definition) is 2. The van der Waals surface area contributed by atoms with Gasteiger partial charge in [0, 0.05) is 16.6 Å². The maximum Gasteiger partial charge on any atom is 0.156 e. The van der Waals surface area contributed by atoms with Crippen LogP contribution in [-0.4, -0.2) is 28.5 Å². The van der Waals surface area contributed by atoms with Crippen LogP contribution in [0.1, 0.15) is 18.4 Å². The summed E-state index contributed by atoms with van der Waals surface area (Å²) in [7, 11) is 0. The van der Waals surface area contributed by atoms with Crippen molar-refractivity contribution < 1.29 is 9.60 Å². The number of halogens is 2. The van der Waals surface area contributed by atoms with E-state index in [9.17, 15) is 4.39 Å². The van der Waals surface area contributed by atoms with Gasteiger partial charge < -0.3 is 10.9 Å². The molecule has 0 aliphatic carbocycles. The van der Waals surface area contributed by atoms with Gasteiger partial charge in [0.05, 0.1) is 6.04 Å². The minimum atomic E-state index is -0.241. The van der Waals surface area contributed by atoms with Gasteiger partial charge in [-0.2, -0.15) is 0 Å². The first kappa shape index (κ1) is 13.3. The van der Waals surface area contributed by atoms with Gasteiger partial charge in [-0.25, -0.2) is 4.39 Å². The van der Waals surface area contributed by atoms with Crippen LogP contribution in [0.5, 0.6) is 0 Å². The van der Waals surface area contributed by atoms with Crippen LogP contribution in [0.25, 0.3) is 0 Å². The van der Waals surface area contributed by atoms with Crippen molar-refractivity contribution in [3.63, 3.8) is 0 Å². The van der Waals surface area contributed by atoms with Crippen LogP contribution in [0, 0.1) is 5.82 Å². The number of nitrogens with two attached hydrogens (primary N) is 1. The predicted octanol–water partition coefficient (Wildman–Crippen LogP) is 2.30. The van der Waals surface area contributed by atoms with E-state index < -0.39 is 0 Å². The SMILES string of the molecule is NC(=NO)C1CCCN1Cc1ccc(Br)cc1F. The summed E-state index contributed by atoms with van der Waals surface area (Å²) in [5, 5.41) is 11.8. The highest BCUT2D eigenvalue weighted by Gasteiger charge is 2.28. The molecule has 1 aliphatic heterocycles. The Morgan fingerprint density at radius 1 is 1.61 bits per heavy atom. The molecule has 0 amide bonds. The normalized spacial score (nSPS) is 21.4. The van der Waals surface area contributed by atoms with E-state index in [0.717, 1.165) is 23.9 Å². The van der Waals surface area contributed by atoms with Crippen molar-refractivity contribution >= 4 is 21.8 Å². The summed E-state index contributed by atoms with van der Waals surface area (Å²) in [6, 6.07) is 4.91. The lowest BCUT2D eigenvalue weighted by molar-refractivity contribution is 0.272. The van der Waals surface area contributed by atoms with Crippen LogP contribution < -0.4 is 5.73 Å². The van der Waals surface area contributed by atoms with Gasteiger partial charge in [0.15, 0.2) is 5.84 Å². The lowest BCUT2D eigenvalue weighted by Gasteiger charge is -2.23. The van der Waals surface area contributed by atoms with Crippen LogP contribution in [0.3, 0.4) is 0 Å². The third-order valence-corrected chi connectivity index (χ3v) is 3.70. The Hall–Kier alpha value is -1.14. The maximum absolute atomic E-state index is 13.7. The van der Waals surface area contributed by atoms with E-state index in [1.165, 1.54) is 6.07 Å². The standard InChI is InChI=1S/C12H15BrFN3O/c13-9-4-3-8(10(14)6-9)7-17-5-1-2-11(17)12(15)16-18/h3-4,6,11,18H,1-2,5,7H2,(H2,15,16). The van der Waals surface area contributed by atoms with Crippen LogP contribution >= 0.6 is 15.9 Å². The second-order valence-electron chi connectivity index (χ2n) is 4.39. The first-order chi connectivity index (χ1) is 8.61. The summed E-state index contributed by atoms with van der Waals surface area (Å²) < 4.78 is 14.5. The molecule has 3 N–H and O–H groups in total. The third kappa shape index (κ3) is 2.81. The van der Waals surface area contributed by atoms with Gasteiger partial charge >= 0.3 is 0 Å². The number of likely N-dealkylation sites (tertiary alicyclic amines) is 1. The second kappa shape index (κ2) is 5.67. The molecule has 1 heterocycles. The zero-order valence-electron chi connectivity index (χ0n) is 9.81. The molecule has 0 spiro atoms. The third-order valence-electron chi connectivity index (χ3n) is 3.21. The second-order valence-corrected chi connectivity index (χ2v) is 5.30. The molecule has 2 rings (SSSR count). The highest BCUT2D eigenvalue weighted by Crippen LogP contribution is 2.22. The molecule has 1 aromatic carbocycles. The molecule has 0 aromatic heterocycles. The largest absolute Gasteiger partial charge is 0.409 e. The molecule has 4 nitrogen and oxygen atoms in total. The fourth-order valence-electron chi connectivity index (χ4n) is 2.29. The molecule has 0 bridgehead atoms. The van der Waals surface area contributed by atoms with Gasteiger partial charge in [-0.1, -0.05) is 27.2 Å². The number of amidine groups is 1. The van der Waals surface area contributed by atoms with E-state index >= 15 is 0 Å². The van der Waals surface area contributed by atoms with E-state index in [-0.39, 0.29) is 17.7 Å². The Morgan fingerprint density at radius 3 is 3.06 bits per heavy atom. The molecule has 1 aromatic rings. The topological polar surface area (TPSA) is 61.9 Å². The van der Waals surface area contributed by atoms with Crippen molar-refractivity contribution in [1.29, 1.82) is 0 Å². The number of benzene rings is 1. The summed E-state index contributed by atoms with van der Waals surface area (Å²) in [6.45, 7) is 1.30. The van der Waals surface area contributed by atoms with Crippen LogP contribution in [-0.2, 0) is 6.54 Å². The fourth-order valence-corrected chi connectivity index (χ4v) is 2.62. The highest BCUT2D eigenvalue weighted by molar-refractivity contribution is 9.10. The Bertz CT molecular complexity index is 467. The summed E-state index contributed by atoms with van der Waals surface area (Å²) in [4.78, 5) is 2.03. The van der Waals surface area contributed by atoms with E-state index in [4.69, 9.17) is 10.9 Å². The van der Waals surface area contributed by atoms with E-state index in [2.05, 4.69) is 21.1 Å². The zero-order valence-corrected chi connectivity index (χ0v) is 11.4. The molecule has 18 heavy (non-hydrogen) atoms. The molecule has 1 fully saturated rings. The lowest BCUT2D eigenvalue weighted by atomic mass is 10.1. The zero-order chi connectivity index (χ0) is 13.1. The Kier molecular flexibility index (Phi) is 4.19. The van der Waals surface area contributed by atoms with Crippen molar-refractivity contribution in [2.75, 3.05) is 6.54 Å². The van der Waals surface area contributed by atoms with Crippen molar-refractivity contribution in [1.82, 2.24) is 4.90 Å². The number of oxime groups is 1. The Balaban J connectivity index is 2.13. The average Bonchev–Trinajstić information content (AvgIpc) is 2.80. The monoisotopic (exact) mass is 315 g/mol. The van der Waals surface area contributed by atoms with Gasteiger partial charge in [-0.15, -0.1) is 0 Å². The molecule has 0 radical (unpaired) electrons. The van der Waals surface area contributed by atoms with Crippen molar-refractivity contribution in [2.45, 2.75) is 25.4 Å². The van der Waals surface area contributed by atoms with Crippen molar-refractivity contribution in [3.8, 4) is 0 Å². The first-order valence-electron chi connectivity index (χ1n) is 5.77. The lowest BCUT2D eigenvalue weighted by Crippen LogP contribution is -2.40. The minimum absolute atomic E-state index is 0.0990. The van der Waals surface area contributed by atoms with Gasteiger partial charge in [-0.05, 0) is 31.5 Å². The molecular formula is C12H15BrFN3O. The minimum Gasteiger partial charge on any atom is -0.409 e. The molecule has 1 unspecified atom stereocenters. The molecule has 6 heteroatoms. The van der Waals surface area contributed by atoms with E-state index in [1.54, 1.807) is 6.07 Å². The van der Waals surface area contributed by atoms with E-state index in [0.29, 0.717) is 12.1 Å². The predicted molar refractivity (Wildman–Crippen MR) is 70.9 cm³/mol. The smallest absolute Gasteiger partial charge is 0.156 e. The number of rotatable bonds is 3. The molecule has 0 saturated carbocycles. The molecule has 1 aliphatic rings. The van der Waals surface area contributed by atoms with Crippen molar-refractivity contribution in [2.24, 2.45) is 10.9 Å². The van der Waals surface area contributed by atoms with Gasteiger partial charge in [0.25, 0.3) is 0 Å². The van der Waals surface area contributed by atoms with Gasteiger partial charge in [0.2, 0.25) is 0 Å².